The average molecular weight is 287 g/mol. The van der Waals surface area contributed by atoms with Gasteiger partial charge >= 0.3 is 5.97 Å². The van der Waals surface area contributed by atoms with Gasteiger partial charge in [-0.1, -0.05) is 0 Å². The summed E-state index contributed by atoms with van der Waals surface area (Å²) < 4.78 is 0. The Labute approximate surface area is 120 Å². The first-order chi connectivity index (χ1) is 10.0. The summed E-state index contributed by atoms with van der Waals surface area (Å²) >= 11 is 0. The molecule has 1 heterocycles. The minimum Gasteiger partial charge on any atom is -0.477 e. The van der Waals surface area contributed by atoms with Crippen LogP contribution in [0.4, 0.5) is 11.4 Å². The van der Waals surface area contributed by atoms with Gasteiger partial charge in [-0.25, -0.2) is 4.79 Å². The van der Waals surface area contributed by atoms with Crippen LogP contribution in [-0.4, -0.2) is 29.1 Å². The Hall–Kier alpha value is -2.88. The van der Waals surface area contributed by atoms with Gasteiger partial charge in [0.2, 0.25) is 0 Å². The summed E-state index contributed by atoms with van der Waals surface area (Å²) in [7, 11) is 0. The van der Waals surface area contributed by atoms with Crippen molar-refractivity contribution in [3.8, 4) is 6.07 Å². The molecule has 0 aromatic heterocycles. The molecule has 0 saturated carbocycles. The molecule has 1 aromatic carbocycles. The number of nitriles is 1. The van der Waals surface area contributed by atoms with Crippen LogP contribution in [0.3, 0.4) is 0 Å². The maximum absolute atomic E-state index is 10.9. The van der Waals surface area contributed by atoms with Crippen LogP contribution in [0.5, 0.6) is 0 Å². The highest BCUT2D eigenvalue weighted by Crippen LogP contribution is 2.30. The summed E-state index contributed by atoms with van der Waals surface area (Å²) in [4.78, 5) is 23.3. The molecule has 108 valence electrons. The molecule has 1 N–H and O–H groups in total. The molecule has 0 unspecified atom stereocenters. The molecule has 21 heavy (non-hydrogen) atoms. The van der Waals surface area contributed by atoms with Gasteiger partial charge < -0.3 is 10.0 Å². The topological polar surface area (TPSA) is 107 Å². The van der Waals surface area contributed by atoms with Gasteiger partial charge in [0.15, 0.2) is 0 Å². The van der Waals surface area contributed by atoms with E-state index in [0.717, 1.165) is 25.9 Å². The van der Waals surface area contributed by atoms with Crippen molar-refractivity contribution in [1.82, 2.24) is 0 Å². The number of carbonyl (C=O) groups is 1. The monoisotopic (exact) mass is 287 g/mol. The number of hydrogen-bond acceptors (Lipinski definition) is 5. The minimum absolute atomic E-state index is 0.133. The van der Waals surface area contributed by atoms with E-state index in [4.69, 9.17) is 10.4 Å². The van der Waals surface area contributed by atoms with Crippen molar-refractivity contribution in [3.05, 3.63) is 39.4 Å². The Balaban J connectivity index is 2.53. The van der Waals surface area contributed by atoms with Gasteiger partial charge in [-0.15, -0.1) is 0 Å². The molecule has 0 spiro atoms. The van der Waals surface area contributed by atoms with E-state index in [9.17, 15) is 14.9 Å². The highest BCUT2D eigenvalue weighted by molar-refractivity contribution is 5.97. The van der Waals surface area contributed by atoms with Crippen LogP contribution in [0.1, 0.15) is 18.4 Å². The van der Waals surface area contributed by atoms with Crippen LogP contribution in [-0.2, 0) is 4.79 Å². The molecule has 1 fully saturated rings. The summed E-state index contributed by atoms with van der Waals surface area (Å²) in [6.45, 7) is 1.63. The normalized spacial score (nSPS) is 14.8. The SMILES string of the molecule is N#CC(=Cc1cc([N+](=O)[O-])ccc1N1CCCC1)C(=O)O. The predicted molar refractivity (Wildman–Crippen MR) is 75.8 cm³/mol. The number of nitro groups is 1. The van der Waals surface area contributed by atoms with Crippen molar-refractivity contribution in [2.45, 2.75) is 12.8 Å². The highest BCUT2D eigenvalue weighted by atomic mass is 16.6. The number of benzene rings is 1. The summed E-state index contributed by atoms with van der Waals surface area (Å²) in [5, 5.41) is 28.6. The fourth-order valence-electron chi connectivity index (χ4n) is 2.31. The predicted octanol–water partition coefficient (Wildman–Crippen LogP) is 2.19. The standard InChI is InChI=1S/C14H13N3O4/c15-9-11(14(18)19)7-10-8-12(17(20)21)3-4-13(10)16-5-1-2-6-16/h3-4,7-8H,1-2,5-6H2,(H,18,19). The zero-order valence-corrected chi connectivity index (χ0v) is 11.2. The van der Waals surface area contributed by atoms with Crippen molar-refractivity contribution in [3.63, 3.8) is 0 Å². The number of carboxylic acids is 1. The van der Waals surface area contributed by atoms with E-state index in [2.05, 4.69) is 0 Å². The number of anilines is 1. The zero-order chi connectivity index (χ0) is 15.4. The van der Waals surface area contributed by atoms with Crippen molar-refractivity contribution < 1.29 is 14.8 Å². The van der Waals surface area contributed by atoms with Gasteiger partial charge in [0.05, 0.1) is 4.92 Å². The van der Waals surface area contributed by atoms with Crippen LogP contribution >= 0.6 is 0 Å². The molecule has 1 aliphatic rings. The first kappa shape index (κ1) is 14.5. The lowest BCUT2D eigenvalue weighted by molar-refractivity contribution is -0.384. The van der Waals surface area contributed by atoms with Crippen molar-refractivity contribution in [2.24, 2.45) is 0 Å². The fraction of sp³-hybridized carbons (Fsp3) is 0.286. The molecule has 0 atom stereocenters. The first-order valence-electron chi connectivity index (χ1n) is 6.41. The van der Waals surface area contributed by atoms with E-state index >= 15 is 0 Å². The lowest BCUT2D eigenvalue weighted by Gasteiger charge is -2.20. The number of nitro benzene ring substituents is 1. The van der Waals surface area contributed by atoms with Gasteiger partial charge in [-0.05, 0) is 25.0 Å². The first-order valence-corrected chi connectivity index (χ1v) is 6.41. The van der Waals surface area contributed by atoms with Gasteiger partial charge in [-0.3, -0.25) is 10.1 Å². The molecule has 7 heteroatoms. The minimum atomic E-state index is -1.35. The maximum Gasteiger partial charge on any atom is 0.346 e. The van der Waals surface area contributed by atoms with Crippen LogP contribution in [0.15, 0.2) is 23.8 Å². The third-order valence-electron chi connectivity index (χ3n) is 3.32. The molecule has 0 bridgehead atoms. The van der Waals surface area contributed by atoms with Gasteiger partial charge in [-0.2, -0.15) is 5.26 Å². The summed E-state index contributed by atoms with van der Waals surface area (Å²) in [5.41, 5.74) is 0.514. The highest BCUT2D eigenvalue weighted by Gasteiger charge is 2.19. The molecular formula is C14H13N3O4. The Morgan fingerprint density at radius 1 is 1.43 bits per heavy atom. The molecule has 2 rings (SSSR count). The molecule has 7 nitrogen and oxygen atoms in total. The largest absolute Gasteiger partial charge is 0.477 e. The summed E-state index contributed by atoms with van der Waals surface area (Å²) in [6.07, 6.45) is 3.22. The summed E-state index contributed by atoms with van der Waals surface area (Å²) in [5.74, 6) is -1.35. The Bertz CT molecular complexity index is 655. The maximum atomic E-state index is 10.9. The number of nitrogens with zero attached hydrogens (tertiary/aromatic N) is 3. The van der Waals surface area contributed by atoms with Crippen LogP contribution in [0.25, 0.3) is 6.08 Å². The van der Waals surface area contributed by atoms with Gasteiger partial charge in [0.25, 0.3) is 5.69 Å². The lowest BCUT2D eigenvalue weighted by atomic mass is 10.1. The number of hydrogen-bond donors (Lipinski definition) is 1. The van der Waals surface area contributed by atoms with Gasteiger partial charge in [0.1, 0.15) is 11.6 Å². The number of carboxylic acid groups (broad SMARTS) is 1. The molecule has 0 aliphatic carbocycles. The Morgan fingerprint density at radius 2 is 2.10 bits per heavy atom. The molecule has 1 aromatic rings. The van der Waals surface area contributed by atoms with E-state index in [1.807, 2.05) is 4.90 Å². The second-order valence-corrected chi connectivity index (χ2v) is 4.67. The average Bonchev–Trinajstić information content (AvgIpc) is 2.98. The van der Waals surface area contributed by atoms with E-state index in [-0.39, 0.29) is 5.69 Å². The number of rotatable bonds is 4. The smallest absolute Gasteiger partial charge is 0.346 e. The molecule has 0 amide bonds. The third-order valence-corrected chi connectivity index (χ3v) is 3.32. The third kappa shape index (κ3) is 3.17. The molecule has 0 radical (unpaired) electrons. The van der Waals surface area contributed by atoms with Crippen LogP contribution in [0, 0.1) is 21.4 Å². The van der Waals surface area contributed by atoms with Gasteiger partial charge in [0, 0.05) is 36.5 Å². The zero-order valence-electron chi connectivity index (χ0n) is 11.2. The number of non-ortho nitro benzene ring substituents is 1. The second kappa shape index (κ2) is 6.05. The van der Waals surface area contributed by atoms with E-state index in [0.29, 0.717) is 11.3 Å². The fourth-order valence-corrected chi connectivity index (χ4v) is 2.31. The second-order valence-electron chi connectivity index (χ2n) is 4.67. The van der Waals surface area contributed by atoms with E-state index in [1.165, 1.54) is 18.2 Å². The van der Waals surface area contributed by atoms with Crippen molar-refractivity contribution in [1.29, 1.82) is 5.26 Å². The van der Waals surface area contributed by atoms with E-state index in [1.54, 1.807) is 12.1 Å². The Morgan fingerprint density at radius 3 is 2.62 bits per heavy atom. The molecular weight excluding hydrogens is 274 g/mol. The van der Waals surface area contributed by atoms with E-state index < -0.39 is 16.5 Å². The van der Waals surface area contributed by atoms with Crippen LogP contribution in [0.2, 0.25) is 0 Å². The molecule has 1 aliphatic heterocycles. The molecule has 1 saturated heterocycles. The Kier molecular flexibility index (Phi) is 4.18. The van der Waals surface area contributed by atoms with Crippen LogP contribution < -0.4 is 4.90 Å². The number of aliphatic carboxylic acids is 1. The summed E-state index contributed by atoms with van der Waals surface area (Å²) in [6, 6.07) is 5.88. The van der Waals surface area contributed by atoms with Crippen molar-refractivity contribution in [2.75, 3.05) is 18.0 Å². The lowest BCUT2D eigenvalue weighted by Crippen LogP contribution is -2.18. The quantitative estimate of drug-likeness (QED) is 0.393. The van der Waals surface area contributed by atoms with Crippen molar-refractivity contribution >= 4 is 23.4 Å².